The molecule has 0 saturated carbocycles. The molecule has 2 aromatic rings. The second-order valence-corrected chi connectivity index (χ2v) is 7.37. The third-order valence-corrected chi connectivity index (χ3v) is 5.43. The van der Waals surface area contributed by atoms with Gasteiger partial charge < -0.3 is 4.74 Å². The molecule has 134 valence electrons. The van der Waals surface area contributed by atoms with Crippen molar-refractivity contribution < 1.29 is 22.3 Å². The molecular weight excluding hydrogens is 345 g/mol. The predicted octanol–water partition coefficient (Wildman–Crippen LogP) is 3.20. The van der Waals surface area contributed by atoms with Crippen LogP contribution in [-0.2, 0) is 19.6 Å². The standard InChI is InChI=1S/C18H20FNO4S/c1-4-24-17(21)12-20(18-13(2)6-5-7-14(18)3)25(22,23)16-10-8-15(19)9-11-16/h5-11H,4,12H2,1-3H3. The Morgan fingerprint density at radius 1 is 1.08 bits per heavy atom. The lowest BCUT2D eigenvalue weighted by Crippen LogP contribution is -2.37. The zero-order chi connectivity index (χ0) is 18.6. The molecule has 0 unspecified atom stereocenters. The van der Waals surface area contributed by atoms with Crippen LogP contribution < -0.4 is 4.31 Å². The van der Waals surface area contributed by atoms with E-state index in [2.05, 4.69) is 0 Å². The van der Waals surface area contributed by atoms with Gasteiger partial charge in [-0.3, -0.25) is 9.10 Å². The molecule has 7 heteroatoms. The van der Waals surface area contributed by atoms with Crippen molar-refractivity contribution >= 4 is 21.7 Å². The van der Waals surface area contributed by atoms with Crippen molar-refractivity contribution in [3.8, 4) is 0 Å². The minimum Gasteiger partial charge on any atom is -0.465 e. The Balaban J connectivity index is 2.58. The fourth-order valence-electron chi connectivity index (χ4n) is 2.54. The van der Waals surface area contributed by atoms with Gasteiger partial charge in [-0.1, -0.05) is 18.2 Å². The Morgan fingerprint density at radius 2 is 1.64 bits per heavy atom. The summed E-state index contributed by atoms with van der Waals surface area (Å²) >= 11 is 0. The lowest BCUT2D eigenvalue weighted by Gasteiger charge is -2.26. The maximum Gasteiger partial charge on any atom is 0.326 e. The van der Waals surface area contributed by atoms with Crippen molar-refractivity contribution in [2.24, 2.45) is 0 Å². The summed E-state index contributed by atoms with van der Waals surface area (Å²) in [5.74, 6) is -1.20. The Kier molecular flexibility index (Phi) is 5.79. The number of esters is 1. The molecule has 0 N–H and O–H groups in total. The van der Waals surface area contributed by atoms with E-state index < -0.39 is 28.4 Å². The van der Waals surface area contributed by atoms with Gasteiger partial charge in [0, 0.05) is 0 Å². The molecule has 0 aliphatic rings. The highest BCUT2D eigenvalue weighted by molar-refractivity contribution is 7.92. The van der Waals surface area contributed by atoms with Crippen LogP contribution >= 0.6 is 0 Å². The summed E-state index contributed by atoms with van der Waals surface area (Å²) < 4.78 is 45.3. The molecule has 0 aliphatic heterocycles. The monoisotopic (exact) mass is 365 g/mol. The van der Waals surface area contributed by atoms with E-state index in [-0.39, 0.29) is 11.5 Å². The second kappa shape index (κ2) is 7.65. The van der Waals surface area contributed by atoms with E-state index >= 15 is 0 Å². The number of rotatable bonds is 6. The first-order chi connectivity index (χ1) is 11.8. The summed E-state index contributed by atoms with van der Waals surface area (Å²) in [4.78, 5) is 11.9. The lowest BCUT2D eigenvalue weighted by molar-refractivity contribution is -0.141. The Morgan fingerprint density at radius 3 is 2.16 bits per heavy atom. The van der Waals surface area contributed by atoms with Crippen molar-refractivity contribution in [1.29, 1.82) is 0 Å². The van der Waals surface area contributed by atoms with E-state index in [1.807, 2.05) is 0 Å². The van der Waals surface area contributed by atoms with E-state index in [1.54, 1.807) is 39.0 Å². The van der Waals surface area contributed by atoms with Crippen LogP contribution in [0.25, 0.3) is 0 Å². The summed E-state index contributed by atoms with van der Waals surface area (Å²) in [5.41, 5.74) is 1.82. The topological polar surface area (TPSA) is 63.7 Å². The Bertz CT molecular complexity index is 843. The second-order valence-electron chi connectivity index (χ2n) is 5.51. The van der Waals surface area contributed by atoms with E-state index in [1.165, 1.54) is 12.1 Å². The third kappa shape index (κ3) is 4.17. The van der Waals surface area contributed by atoms with Gasteiger partial charge in [-0.2, -0.15) is 0 Å². The summed E-state index contributed by atoms with van der Waals surface area (Å²) in [6.45, 7) is 4.87. The first-order valence-electron chi connectivity index (χ1n) is 7.77. The van der Waals surface area contributed by atoms with Gasteiger partial charge >= 0.3 is 5.97 Å². The molecule has 25 heavy (non-hydrogen) atoms. The minimum atomic E-state index is -4.06. The zero-order valence-electron chi connectivity index (χ0n) is 14.3. The quantitative estimate of drug-likeness (QED) is 0.738. The SMILES string of the molecule is CCOC(=O)CN(c1c(C)cccc1C)S(=O)(=O)c1ccc(F)cc1. The average Bonchev–Trinajstić information content (AvgIpc) is 2.54. The highest BCUT2D eigenvalue weighted by Gasteiger charge is 2.29. The predicted molar refractivity (Wildman–Crippen MR) is 93.5 cm³/mol. The van der Waals surface area contributed by atoms with E-state index in [4.69, 9.17) is 4.74 Å². The number of ether oxygens (including phenoxy) is 1. The normalized spacial score (nSPS) is 11.2. The summed E-state index contributed by atoms with van der Waals surface area (Å²) in [5, 5.41) is 0. The molecule has 0 fully saturated rings. The van der Waals surface area contributed by atoms with Gasteiger partial charge in [0.2, 0.25) is 0 Å². The number of carbonyl (C=O) groups is 1. The fourth-order valence-corrected chi connectivity index (χ4v) is 4.08. The molecule has 0 aliphatic carbocycles. The Labute approximate surface area is 147 Å². The first-order valence-corrected chi connectivity index (χ1v) is 9.21. The van der Waals surface area contributed by atoms with E-state index in [9.17, 15) is 17.6 Å². The molecule has 5 nitrogen and oxygen atoms in total. The van der Waals surface area contributed by atoms with Crippen LogP contribution in [0.1, 0.15) is 18.1 Å². The van der Waals surface area contributed by atoms with Crippen molar-refractivity contribution in [3.05, 3.63) is 59.4 Å². The fraction of sp³-hybridized carbons (Fsp3) is 0.278. The van der Waals surface area contributed by atoms with Crippen LogP contribution in [-0.4, -0.2) is 27.5 Å². The summed E-state index contributed by atoms with van der Waals surface area (Å²) in [6.07, 6.45) is 0. The molecular formula is C18H20FNO4S. The van der Waals surface area contributed by atoms with Crippen molar-refractivity contribution in [2.75, 3.05) is 17.5 Å². The Hall–Kier alpha value is -2.41. The van der Waals surface area contributed by atoms with Crippen LogP contribution in [0.4, 0.5) is 10.1 Å². The number of aryl methyl sites for hydroxylation is 2. The van der Waals surface area contributed by atoms with Gasteiger partial charge in [0.1, 0.15) is 12.4 Å². The third-order valence-electron chi connectivity index (χ3n) is 3.67. The van der Waals surface area contributed by atoms with Crippen molar-refractivity contribution in [1.82, 2.24) is 0 Å². The molecule has 0 amide bonds. The van der Waals surface area contributed by atoms with E-state index in [0.29, 0.717) is 16.8 Å². The number of hydrogen-bond donors (Lipinski definition) is 0. The number of hydrogen-bond acceptors (Lipinski definition) is 4. The molecule has 0 bridgehead atoms. The number of halogens is 1. The van der Waals surface area contributed by atoms with Crippen molar-refractivity contribution in [3.63, 3.8) is 0 Å². The highest BCUT2D eigenvalue weighted by Crippen LogP contribution is 2.30. The van der Waals surface area contributed by atoms with Crippen molar-refractivity contribution in [2.45, 2.75) is 25.7 Å². The zero-order valence-corrected chi connectivity index (χ0v) is 15.1. The largest absolute Gasteiger partial charge is 0.465 e. The first kappa shape index (κ1) is 18.9. The number of anilines is 1. The molecule has 0 heterocycles. The van der Waals surface area contributed by atoms with Crippen LogP contribution in [0, 0.1) is 19.7 Å². The number of carbonyl (C=O) groups excluding carboxylic acids is 1. The van der Waals surface area contributed by atoms with Gasteiger partial charge in [0.15, 0.2) is 0 Å². The molecule has 0 atom stereocenters. The minimum absolute atomic E-state index is 0.0964. The van der Waals surface area contributed by atoms with Gasteiger partial charge in [-0.25, -0.2) is 12.8 Å². The maximum atomic E-state index is 13.2. The molecule has 0 saturated heterocycles. The molecule has 0 radical (unpaired) electrons. The van der Waals surface area contributed by atoms with Crippen LogP contribution in [0.5, 0.6) is 0 Å². The van der Waals surface area contributed by atoms with Crippen LogP contribution in [0.15, 0.2) is 47.4 Å². The van der Waals surface area contributed by atoms with Crippen LogP contribution in [0.3, 0.4) is 0 Å². The van der Waals surface area contributed by atoms with Crippen LogP contribution in [0.2, 0.25) is 0 Å². The number of para-hydroxylation sites is 1. The molecule has 2 aromatic carbocycles. The van der Waals surface area contributed by atoms with E-state index in [0.717, 1.165) is 16.4 Å². The number of benzene rings is 2. The summed E-state index contributed by atoms with van der Waals surface area (Å²) in [7, 11) is -4.06. The van der Waals surface area contributed by atoms with Gasteiger partial charge in [0.05, 0.1) is 17.2 Å². The maximum absolute atomic E-state index is 13.2. The average molecular weight is 365 g/mol. The number of nitrogens with zero attached hydrogens (tertiary/aromatic N) is 1. The van der Waals surface area contributed by atoms with Gasteiger partial charge in [-0.15, -0.1) is 0 Å². The molecule has 0 spiro atoms. The molecule has 2 rings (SSSR count). The number of sulfonamides is 1. The highest BCUT2D eigenvalue weighted by atomic mass is 32.2. The van der Waals surface area contributed by atoms with Gasteiger partial charge in [-0.05, 0) is 56.2 Å². The van der Waals surface area contributed by atoms with Gasteiger partial charge in [0.25, 0.3) is 10.0 Å². The molecule has 0 aromatic heterocycles. The summed E-state index contributed by atoms with van der Waals surface area (Å²) in [6, 6.07) is 9.83. The smallest absolute Gasteiger partial charge is 0.326 e. The lowest BCUT2D eigenvalue weighted by atomic mass is 10.1.